The van der Waals surface area contributed by atoms with E-state index < -0.39 is 6.09 Å². The van der Waals surface area contributed by atoms with Crippen LogP contribution in [0.15, 0.2) is 18.2 Å². The number of rotatable bonds is 3. The third-order valence-electron chi connectivity index (χ3n) is 2.18. The van der Waals surface area contributed by atoms with Gasteiger partial charge in [0.1, 0.15) is 5.75 Å². The Bertz CT molecular complexity index is 377. The van der Waals surface area contributed by atoms with Crippen molar-refractivity contribution in [3.8, 4) is 5.75 Å². The van der Waals surface area contributed by atoms with Gasteiger partial charge in [0.05, 0.1) is 12.6 Å². The Morgan fingerprint density at radius 3 is 2.81 bits per heavy atom. The maximum Gasteiger partial charge on any atom is 0.412 e. The molecule has 0 aliphatic rings. The summed E-state index contributed by atoms with van der Waals surface area (Å²) < 4.78 is 5.14. The molecule has 88 valence electrons. The van der Waals surface area contributed by atoms with Crippen molar-refractivity contribution in [3.63, 3.8) is 0 Å². The maximum atomic E-state index is 11.4. The first-order chi connectivity index (χ1) is 7.52. The van der Waals surface area contributed by atoms with Gasteiger partial charge in [0.2, 0.25) is 0 Å². The Morgan fingerprint density at radius 2 is 2.19 bits per heavy atom. The number of nitrogens with one attached hydrogen (secondary N) is 1. The first kappa shape index (κ1) is 12.5. The molecule has 2 N–H and O–H groups in total. The van der Waals surface area contributed by atoms with Crippen molar-refractivity contribution >= 4 is 6.09 Å². The summed E-state index contributed by atoms with van der Waals surface area (Å²) in [5, 5.41) is 11.3. The minimum absolute atomic E-state index is 0.109. The smallest absolute Gasteiger partial charge is 0.410 e. The lowest BCUT2D eigenvalue weighted by Gasteiger charge is -2.12. The van der Waals surface area contributed by atoms with Gasteiger partial charge in [0, 0.05) is 0 Å². The Labute approximate surface area is 95.2 Å². The molecule has 0 fully saturated rings. The van der Waals surface area contributed by atoms with Gasteiger partial charge in [-0.1, -0.05) is 12.1 Å². The fourth-order valence-electron chi connectivity index (χ4n) is 1.19. The van der Waals surface area contributed by atoms with E-state index in [1.54, 1.807) is 13.0 Å². The summed E-state index contributed by atoms with van der Waals surface area (Å²) in [6.07, 6.45) is -0.546. The number of aliphatic hydroxyl groups is 1. The number of benzene rings is 1. The molecule has 0 spiro atoms. The number of aryl methyl sites for hydroxylation is 2. The van der Waals surface area contributed by atoms with E-state index in [9.17, 15) is 4.79 Å². The quantitative estimate of drug-likeness (QED) is 0.821. The normalized spacial score (nSPS) is 12.0. The van der Waals surface area contributed by atoms with Gasteiger partial charge in [0.25, 0.3) is 0 Å². The topological polar surface area (TPSA) is 58.6 Å². The number of amides is 1. The van der Waals surface area contributed by atoms with Gasteiger partial charge >= 0.3 is 6.09 Å². The lowest BCUT2D eigenvalue weighted by molar-refractivity contribution is 0.185. The third-order valence-corrected chi connectivity index (χ3v) is 2.18. The van der Waals surface area contributed by atoms with Crippen molar-refractivity contribution in [1.29, 1.82) is 0 Å². The molecule has 16 heavy (non-hydrogen) atoms. The van der Waals surface area contributed by atoms with Crippen LogP contribution in [-0.4, -0.2) is 23.8 Å². The zero-order valence-corrected chi connectivity index (χ0v) is 9.78. The van der Waals surface area contributed by atoms with Crippen LogP contribution in [0.5, 0.6) is 5.75 Å². The van der Waals surface area contributed by atoms with Crippen molar-refractivity contribution in [2.75, 3.05) is 6.61 Å². The highest BCUT2D eigenvalue weighted by molar-refractivity contribution is 5.71. The zero-order valence-electron chi connectivity index (χ0n) is 9.78. The molecule has 4 heteroatoms. The van der Waals surface area contributed by atoms with Crippen LogP contribution in [-0.2, 0) is 0 Å². The van der Waals surface area contributed by atoms with E-state index in [1.807, 2.05) is 26.0 Å². The average molecular weight is 223 g/mol. The molecule has 1 unspecified atom stereocenters. The molecule has 0 radical (unpaired) electrons. The van der Waals surface area contributed by atoms with Gasteiger partial charge in [-0.05, 0) is 38.0 Å². The van der Waals surface area contributed by atoms with Crippen LogP contribution in [0.1, 0.15) is 18.1 Å². The summed E-state index contributed by atoms with van der Waals surface area (Å²) in [5.41, 5.74) is 1.93. The monoisotopic (exact) mass is 223 g/mol. The molecule has 0 aliphatic carbocycles. The lowest BCUT2D eigenvalue weighted by atomic mass is 10.1. The SMILES string of the molecule is Cc1ccc(C)c(OC(=O)NC(C)CO)c1. The van der Waals surface area contributed by atoms with Crippen molar-refractivity contribution in [1.82, 2.24) is 5.32 Å². The van der Waals surface area contributed by atoms with Crippen LogP contribution >= 0.6 is 0 Å². The summed E-state index contributed by atoms with van der Waals surface area (Å²) >= 11 is 0. The Morgan fingerprint density at radius 1 is 1.50 bits per heavy atom. The second-order valence-electron chi connectivity index (χ2n) is 3.89. The molecule has 1 amide bonds. The fourth-order valence-corrected chi connectivity index (χ4v) is 1.19. The molecule has 1 aromatic carbocycles. The predicted molar refractivity (Wildman–Crippen MR) is 61.6 cm³/mol. The molecule has 1 aromatic rings. The largest absolute Gasteiger partial charge is 0.412 e. The highest BCUT2D eigenvalue weighted by Gasteiger charge is 2.09. The third kappa shape index (κ3) is 3.55. The van der Waals surface area contributed by atoms with Crippen LogP contribution in [0.3, 0.4) is 0 Å². The molecule has 1 atom stereocenters. The molecule has 0 saturated carbocycles. The number of carbonyl (C=O) groups excluding carboxylic acids is 1. The van der Waals surface area contributed by atoms with Crippen molar-refractivity contribution in [2.24, 2.45) is 0 Å². The van der Waals surface area contributed by atoms with Gasteiger partial charge in [-0.25, -0.2) is 4.79 Å². The van der Waals surface area contributed by atoms with E-state index >= 15 is 0 Å². The highest BCUT2D eigenvalue weighted by Crippen LogP contribution is 2.19. The van der Waals surface area contributed by atoms with Crippen LogP contribution < -0.4 is 10.1 Å². The van der Waals surface area contributed by atoms with E-state index in [1.165, 1.54) is 0 Å². The second kappa shape index (κ2) is 5.51. The summed E-state index contributed by atoms with van der Waals surface area (Å²) in [6.45, 7) is 5.39. The Balaban J connectivity index is 2.65. The molecule has 1 rings (SSSR count). The maximum absolute atomic E-state index is 11.4. The molecule has 0 bridgehead atoms. The standard InChI is InChI=1S/C12H17NO3/c1-8-4-5-9(2)11(6-8)16-12(15)13-10(3)7-14/h4-6,10,14H,7H2,1-3H3,(H,13,15). The lowest BCUT2D eigenvalue weighted by Crippen LogP contribution is -2.37. The number of aliphatic hydroxyl groups excluding tert-OH is 1. The number of hydrogen-bond donors (Lipinski definition) is 2. The van der Waals surface area contributed by atoms with Gasteiger partial charge in [-0.3, -0.25) is 0 Å². The van der Waals surface area contributed by atoms with E-state index in [0.29, 0.717) is 5.75 Å². The summed E-state index contributed by atoms with van der Waals surface area (Å²) in [6, 6.07) is 5.35. The van der Waals surface area contributed by atoms with E-state index in [-0.39, 0.29) is 12.6 Å². The van der Waals surface area contributed by atoms with E-state index in [0.717, 1.165) is 11.1 Å². The van der Waals surface area contributed by atoms with Gasteiger partial charge in [0.15, 0.2) is 0 Å². The predicted octanol–water partition coefficient (Wildman–Crippen LogP) is 1.77. The minimum atomic E-state index is -0.546. The summed E-state index contributed by atoms with van der Waals surface area (Å²) in [7, 11) is 0. The van der Waals surface area contributed by atoms with Crippen molar-refractivity contribution in [3.05, 3.63) is 29.3 Å². The molecular formula is C12H17NO3. The fraction of sp³-hybridized carbons (Fsp3) is 0.417. The molecular weight excluding hydrogens is 206 g/mol. The summed E-state index contributed by atoms with van der Waals surface area (Å²) in [4.78, 5) is 11.4. The highest BCUT2D eigenvalue weighted by atomic mass is 16.6. The van der Waals surface area contributed by atoms with Crippen LogP contribution in [0.25, 0.3) is 0 Å². The molecule has 4 nitrogen and oxygen atoms in total. The van der Waals surface area contributed by atoms with E-state index in [2.05, 4.69) is 5.32 Å². The summed E-state index contributed by atoms with van der Waals surface area (Å²) in [5.74, 6) is 0.544. The van der Waals surface area contributed by atoms with Gasteiger partial charge in [-0.2, -0.15) is 0 Å². The number of hydrogen-bond acceptors (Lipinski definition) is 3. The molecule has 0 aromatic heterocycles. The Kier molecular flexibility index (Phi) is 4.31. The number of ether oxygens (including phenoxy) is 1. The zero-order chi connectivity index (χ0) is 12.1. The van der Waals surface area contributed by atoms with Crippen molar-refractivity contribution in [2.45, 2.75) is 26.8 Å². The average Bonchev–Trinajstić information content (AvgIpc) is 2.23. The first-order valence-electron chi connectivity index (χ1n) is 5.19. The first-order valence-corrected chi connectivity index (χ1v) is 5.19. The molecule has 0 saturated heterocycles. The van der Waals surface area contributed by atoms with Crippen LogP contribution in [0.2, 0.25) is 0 Å². The second-order valence-corrected chi connectivity index (χ2v) is 3.89. The molecule has 0 heterocycles. The van der Waals surface area contributed by atoms with Crippen LogP contribution in [0, 0.1) is 13.8 Å². The van der Waals surface area contributed by atoms with E-state index in [4.69, 9.17) is 9.84 Å². The van der Waals surface area contributed by atoms with Gasteiger partial charge < -0.3 is 15.2 Å². The van der Waals surface area contributed by atoms with Crippen molar-refractivity contribution < 1.29 is 14.6 Å². The minimum Gasteiger partial charge on any atom is -0.410 e. The number of carbonyl (C=O) groups is 1. The van der Waals surface area contributed by atoms with Crippen LogP contribution in [0.4, 0.5) is 4.79 Å². The molecule has 0 aliphatic heterocycles. The Hall–Kier alpha value is -1.55. The van der Waals surface area contributed by atoms with Gasteiger partial charge in [-0.15, -0.1) is 0 Å².